The summed E-state index contributed by atoms with van der Waals surface area (Å²) in [5, 5.41) is 2.99. The van der Waals surface area contributed by atoms with Gasteiger partial charge in [0.25, 0.3) is 0 Å². The second-order valence-electron chi connectivity index (χ2n) is 10.1. The van der Waals surface area contributed by atoms with E-state index in [2.05, 4.69) is 10.2 Å². The molecular weight excluding hydrogens is 494 g/mol. The topological polar surface area (TPSA) is 93.8 Å². The molecule has 0 saturated carbocycles. The third-order valence-electron chi connectivity index (χ3n) is 7.65. The fourth-order valence-electron chi connectivity index (χ4n) is 5.58. The van der Waals surface area contributed by atoms with E-state index in [-0.39, 0.29) is 12.6 Å². The molecule has 0 spiro atoms. The quantitative estimate of drug-likeness (QED) is 0.325. The first-order valence-electron chi connectivity index (χ1n) is 13.2. The van der Waals surface area contributed by atoms with E-state index in [4.69, 9.17) is 9.15 Å². The summed E-state index contributed by atoms with van der Waals surface area (Å²) >= 11 is 0. The fourth-order valence-corrected chi connectivity index (χ4v) is 5.58. The number of oxazole rings is 1. The van der Waals surface area contributed by atoms with Crippen molar-refractivity contribution >= 4 is 35.2 Å². The summed E-state index contributed by atoms with van der Waals surface area (Å²) in [5.41, 5.74) is 4.83. The summed E-state index contributed by atoms with van der Waals surface area (Å²) < 4.78 is 12.7. The minimum atomic E-state index is -0.491. The Bertz CT molecular complexity index is 1600. The van der Waals surface area contributed by atoms with Crippen LogP contribution in [0.15, 0.2) is 82.0 Å². The van der Waals surface area contributed by atoms with Crippen LogP contribution in [-0.2, 0) is 11.3 Å². The first kappa shape index (κ1) is 24.9. The standard InChI is InChI=1S/C31H29N3O5/c35-20-22-9-11-27-28(18-22)39-31(37)34(27)14-4-5-21-8-10-25(23-6-2-1-3-7-23)26(17-21)32-30(36)38-29-19-33-15-12-24(29)13-16-33/h1-11,17-18,20,24,29H,12-16,19H2,(H,32,36)/b5-4+/t29-/m0/s1. The summed E-state index contributed by atoms with van der Waals surface area (Å²) in [6.07, 6.45) is 6.08. The van der Waals surface area contributed by atoms with E-state index in [0.29, 0.717) is 34.6 Å². The molecule has 0 aliphatic carbocycles. The number of nitrogens with zero attached hydrogens (tertiary/aromatic N) is 2. The lowest BCUT2D eigenvalue weighted by Crippen LogP contribution is -2.52. The van der Waals surface area contributed by atoms with Gasteiger partial charge >= 0.3 is 11.8 Å². The molecule has 7 rings (SSSR count). The zero-order valence-electron chi connectivity index (χ0n) is 21.4. The second-order valence-corrected chi connectivity index (χ2v) is 10.1. The lowest BCUT2D eigenvalue weighted by molar-refractivity contribution is -0.0289. The van der Waals surface area contributed by atoms with Crippen LogP contribution in [0.4, 0.5) is 10.5 Å². The Morgan fingerprint density at radius 2 is 1.82 bits per heavy atom. The van der Waals surface area contributed by atoms with E-state index >= 15 is 0 Å². The highest BCUT2D eigenvalue weighted by Crippen LogP contribution is 2.32. The van der Waals surface area contributed by atoms with Crippen LogP contribution in [0.1, 0.15) is 28.8 Å². The average Bonchev–Trinajstić information content (AvgIpc) is 3.28. The Kier molecular flexibility index (Phi) is 6.85. The molecule has 198 valence electrons. The highest BCUT2D eigenvalue weighted by Gasteiger charge is 2.36. The number of fused-ring (bicyclic) bond motifs is 4. The number of hydrogen-bond acceptors (Lipinski definition) is 6. The molecule has 1 atom stereocenters. The van der Waals surface area contributed by atoms with Crippen LogP contribution >= 0.6 is 0 Å². The highest BCUT2D eigenvalue weighted by atomic mass is 16.6. The van der Waals surface area contributed by atoms with E-state index in [0.717, 1.165) is 49.2 Å². The largest absolute Gasteiger partial charge is 0.444 e. The van der Waals surface area contributed by atoms with Crippen molar-refractivity contribution < 1.29 is 18.7 Å². The van der Waals surface area contributed by atoms with Gasteiger partial charge in [-0.2, -0.15) is 0 Å². The number of anilines is 1. The zero-order chi connectivity index (χ0) is 26.8. The van der Waals surface area contributed by atoms with Gasteiger partial charge in [-0.25, -0.2) is 9.59 Å². The summed E-state index contributed by atoms with van der Waals surface area (Å²) in [7, 11) is 0. The molecule has 2 bridgehead atoms. The van der Waals surface area contributed by atoms with Gasteiger partial charge in [0.1, 0.15) is 12.4 Å². The van der Waals surface area contributed by atoms with Gasteiger partial charge < -0.3 is 9.15 Å². The Labute approximate surface area is 225 Å². The maximum absolute atomic E-state index is 13.0. The van der Waals surface area contributed by atoms with Crippen LogP contribution in [0, 0.1) is 5.92 Å². The highest BCUT2D eigenvalue weighted by molar-refractivity contribution is 5.92. The smallest absolute Gasteiger partial charge is 0.420 e. The number of aldehydes is 1. The second kappa shape index (κ2) is 10.7. The van der Waals surface area contributed by atoms with Gasteiger partial charge in [0.2, 0.25) is 0 Å². The van der Waals surface area contributed by atoms with Gasteiger partial charge in [0.05, 0.1) is 11.2 Å². The number of aromatic nitrogens is 1. The first-order chi connectivity index (χ1) is 19.1. The molecule has 1 amide bonds. The number of carbonyl (C=O) groups excluding carboxylic acids is 2. The Balaban J connectivity index is 1.22. The van der Waals surface area contributed by atoms with E-state index < -0.39 is 11.8 Å². The normalized spacial score (nSPS) is 20.4. The fraction of sp³-hybridized carbons (Fsp3) is 0.258. The number of amides is 1. The molecule has 39 heavy (non-hydrogen) atoms. The predicted octanol–water partition coefficient (Wildman–Crippen LogP) is 5.43. The summed E-state index contributed by atoms with van der Waals surface area (Å²) in [4.78, 5) is 38.8. The number of nitrogens with one attached hydrogen (secondary N) is 1. The SMILES string of the molecule is O=Cc1ccc2c(c1)oc(=O)n2C/C=C/c1ccc(-c2ccccc2)c(NC(=O)O[C@H]2CN3CCC2CC3)c1. The molecule has 3 saturated heterocycles. The number of rotatable bonds is 7. The van der Waals surface area contributed by atoms with Crippen molar-refractivity contribution in [3.63, 3.8) is 0 Å². The third kappa shape index (κ3) is 5.28. The van der Waals surface area contributed by atoms with E-state index in [1.165, 1.54) is 4.57 Å². The monoisotopic (exact) mass is 523 g/mol. The van der Waals surface area contributed by atoms with Crippen LogP contribution in [0.5, 0.6) is 0 Å². The van der Waals surface area contributed by atoms with Gasteiger partial charge in [0, 0.05) is 24.2 Å². The number of benzene rings is 3. The molecule has 3 aliphatic rings. The summed E-state index contributed by atoms with van der Waals surface area (Å²) in [5.74, 6) is -0.0639. The maximum Gasteiger partial charge on any atom is 0.420 e. The molecule has 0 unspecified atom stereocenters. The number of ether oxygens (including phenoxy) is 1. The maximum atomic E-state index is 13.0. The summed E-state index contributed by atoms with van der Waals surface area (Å²) in [6.45, 7) is 3.25. The molecule has 1 N–H and O–H groups in total. The van der Waals surface area contributed by atoms with Crippen molar-refractivity contribution in [2.24, 2.45) is 5.92 Å². The van der Waals surface area contributed by atoms with Crippen LogP contribution in [0.3, 0.4) is 0 Å². The molecule has 0 radical (unpaired) electrons. The molecule has 3 aromatic carbocycles. The van der Waals surface area contributed by atoms with E-state index in [1.54, 1.807) is 18.2 Å². The van der Waals surface area contributed by atoms with Crippen molar-refractivity contribution in [3.8, 4) is 11.1 Å². The Morgan fingerprint density at radius 1 is 1.03 bits per heavy atom. The third-order valence-corrected chi connectivity index (χ3v) is 7.65. The molecule has 8 heteroatoms. The molecular formula is C31H29N3O5. The molecule has 3 fully saturated rings. The Hall–Kier alpha value is -4.43. The van der Waals surface area contributed by atoms with Crippen molar-refractivity contribution in [2.45, 2.75) is 25.5 Å². The predicted molar refractivity (Wildman–Crippen MR) is 150 cm³/mol. The number of piperidine rings is 3. The van der Waals surface area contributed by atoms with Crippen LogP contribution < -0.4 is 11.1 Å². The van der Waals surface area contributed by atoms with Crippen molar-refractivity contribution in [1.29, 1.82) is 0 Å². The van der Waals surface area contributed by atoms with E-state index in [9.17, 15) is 14.4 Å². The van der Waals surface area contributed by atoms with Gasteiger partial charge in [-0.3, -0.25) is 19.6 Å². The van der Waals surface area contributed by atoms with Crippen LogP contribution in [-0.4, -0.2) is 47.6 Å². The molecule has 3 aliphatic heterocycles. The van der Waals surface area contributed by atoms with Gasteiger partial charge in [-0.15, -0.1) is 0 Å². The Morgan fingerprint density at radius 3 is 2.56 bits per heavy atom. The van der Waals surface area contributed by atoms with E-state index in [1.807, 2.05) is 60.7 Å². The van der Waals surface area contributed by atoms with Crippen molar-refractivity contribution in [1.82, 2.24) is 9.47 Å². The zero-order valence-corrected chi connectivity index (χ0v) is 21.4. The van der Waals surface area contributed by atoms with Gasteiger partial charge in [-0.1, -0.05) is 54.6 Å². The van der Waals surface area contributed by atoms with Crippen LogP contribution in [0.25, 0.3) is 28.3 Å². The van der Waals surface area contributed by atoms with Crippen molar-refractivity contribution in [3.05, 3.63) is 94.5 Å². The molecule has 8 nitrogen and oxygen atoms in total. The lowest BCUT2D eigenvalue weighted by Gasteiger charge is -2.43. The number of allylic oxidation sites excluding steroid dienone is 1. The van der Waals surface area contributed by atoms with Gasteiger partial charge in [0.15, 0.2) is 5.58 Å². The molecule has 4 heterocycles. The van der Waals surface area contributed by atoms with Gasteiger partial charge in [-0.05, 0) is 67.2 Å². The molecule has 4 aromatic rings. The first-order valence-corrected chi connectivity index (χ1v) is 13.2. The lowest BCUT2D eigenvalue weighted by atomic mass is 9.86. The van der Waals surface area contributed by atoms with Crippen LogP contribution in [0.2, 0.25) is 0 Å². The average molecular weight is 524 g/mol. The van der Waals surface area contributed by atoms with Crippen molar-refractivity contribution in [2.75, 3.05) is 25.0 Å². The number of carbonyl (C=O) groups is 2. The minimum absolute atomic E-state index is 0.0820. The molecule has 1 aromatic heterocycles. The summed E-state index contributed by atoms with van der Waals surface area (Å²) in [6, 6.07) is 20.6. The minimum Gasteiger partial charge on any atom is -0.444 e. The number of hydrogen-bond donors (Lipinski definition) is 1.